The quantitative estimate of drug-likeness (QED) is 0.329. The van der Waals surface area contributed by atoms with Crippen LogP contribution in [0.25, 0.3) is 0 Å². The molecule has 0 saturated heterocycles. The maximum Gasteiger partial charge on any atom is 0.141 e. The molecule has 0 aliphatic heterocycles. The lowest BCUT2D eigenvalue weighted by Gasteiger charge is -2.01. The van der Waals surface area contributed by atoms with Crippen LogP contribution in [0.1, 0.15) is 0 Å². The van der Waals surface area contributed by atoms with Crippen molar-refractivity contribution >= 4 is 5.69 Å². The van der Waals surface area contributed by atoms with Crippen LogP contribution in [0, 0.1) is 0 Å². The summed E-state index contributed by atoms with van der Waals surface area (Å²) in [5.41, 5.74) is 2.41. The van der Waals surface area contributed by atoms with Crippen LogP contribution in [0.4, 0.5) is 5.69 Å². The molecule has 1 aromatic rings. The van der Waals surface area contributed by atoms with Gasteiger partial charge in [0.15, 0.2) is 0 Å². The summed E-state index contributed by atoms with van der Waals surface area (Å²) in [6.07, 6.45) is 0. The molecule has 4 nitrogen and oxygen atoms in total. The molecule has 0 atom stereocenters. The predicted molar refractivity (Wildman–Crippen MR) is 35.4 cm³/mol. The fourth-order valence-electron chi connectivity index (χ4n) is 0.609. The third-order valence-corrected chi connectivity index (χ3v) is 1.06. The van der Waals surface area contributed by atoms with E-state index in [4.69, 9.17) is 10.4 Å². The van der Waals surface area contributed by atoms with Crippen LogP contribution in [-0.2, 0) is 4.99 Å². The van der Waals surface area contributed by atoms with Gasteiger partial charge < -0.3 is 5.11 Å². The summed E-state index contributed by atoms with van der Waals surface area (Å²) in [5, 5.41) is 16.9. The highest BCUT2D eigenvalue weighted by Crippen LogP contribution is 2.20. The molecule has 0 amide bonds. The van der Waals surface area contributed by atoms with E-state index in [0.29, 0.717) is 5.69 Å². The first-order valence-corrected chi connectivity index (χ1v) is 2.69. The van der Waals surface area contributed by atoms with E-state index >= 15 is 0 Å². The second-order valence-electron chi connectivity index (χ2n) is 1.71. The summed E-state index contributed by atoms with van der Waals surface area (Å²) in [6, 6.07) is 6.39. The van der Waals surface area contributed by atoms with Crippen molar-refractivity contribution in [2.75, 3.05) is 5.48 Å². The third kappa shape index (κ3) is 1.37. The molecule has 0 aliphatic rings. The zero-order chi connectivity index (χ0) is 7.40. The first-order valence-electron chi connectivity index (χ1n) is 2.69. The van der Waals surface area contributed by atoms with Gasteiger partial charge in [-0.1, -0.05) is 12.1 Å². The molecule has 0 aromatic heterocycles. The number of aromatic hydroxyl groups is 1. The molecule has 1 aromatic carbocycles. The minimum Gasteiger partial charge on any atom is -0.506 e. The minimum atomic E-state index is 0.0246. The van der Waals surface area contributed by atoms with Gasteiger partial charge in [-0.3, -0.25) is 0 Å². The molecule has 1 rings (SSSR count). The summed E-state index contributed by atoms with van der Waals surface area (Å²) >= 11 is 0. The van der Waals surface area contributed by atoms with Crippen LogP contribution in [0.15, 0.2) is 24.3 Å². The Morgan fingerprint density at radius 2 is 2.00 bits per heavy atom. The number of hydrogen-bond donors (Lipinski definition) is 3. The Bertz CT molecular complexity index is 214. The summed E-state index contributed by atoms with van der Waals surface area (Å²) in [5.74, 6) is 0.0246. The monoisotopic (exact) mass is 141 g/mol. The molecule has 10 heavy (non-hydrogen) atoms. The van der Waals surface area contributed by atoms with Gasteiger partial charge in [0, 0.05) is 0 Å². The Kier molecular flexibility index (Phi) is 2.09. The first kappa shape index (κ1) is 6.85. The number of anilines is 1. The van der Waals surface area contributed by atoms with Gasteiger partial charge in [0.2, 0.25) is 0 Å². The van der Waals surface area contributed by atoms with Crippen molar-refractivity contribution in [2.45, 2.75) is 0 Å². The van der Waals surface area contributed by atoms with Crippen molar-refractivity contribution in [3.8, 4) is 5.75 Å². The second-order valence-corrected chi connectivity index (χ2v) is 1.71. The maximum atomic E-state index is 8.99. The highest BCUT2D eigenvalue weighted by molar-refractivity contribution is 5.53. The third-order valence-electron chi connectivity index (χ3n) is 1.06. The van der Waals surface area contributed by atoms with Crippen LogP contribution < -0.4 is 5.48 Å². The second kappa shape index (κ2) is 3.05. The van der Waals surface area contributed by atoms with Crippen LogP contribution in [0.2, 0.25) is 0 Å². The van der Waals surface area contributed by atoms with Gasteiger partial charge in [0.25, 0.3) is 0 Å². The molecule has 54 valence electrons. The fraction of sp³-hybridized carbons (Fsp3) is 0. The Hall–Kier alpha value is -1.26. The zero-order valence-corrected chi connectivity index (χ0v) is 5.11. The van der Waals surface area contributed by atoms with Gasteiger partial charge in [-0.2, -0.15) is 0 Å². The largest absolute Gasteiger partial charge is 0.506 e. The number of para-hydroxylation sites is 2. The number of nitrogens with one attached hydrogen (secondary N) is 1. The van der Waals surface area contributed by atoms with Crippen LogP contribution in [-0.4, -0.2) is 10.4 Å². The molecular formula is C6H7NO3. The van der Waals surface area contributed by atoms with E-state index in [9.17, 15) is 0 Å². The van der Waals surface area contributed by atoms with Crippen LogP contribution >= 0.6 is 0 Å². The molecule has 0 unspecified atom stereocenters. The van der Waals surface area contributed by atoms with Gasteiger partial charge >= 0.3 is 0 Å². The van der Waals surface area contributed by atoms with E-state index in [1.54, 1.807) is 18.2 Å². The standard InChI is InChI=1S/C6H7NO3/c8-6-4-2-1-3-5(6)7-10-9/h1-4,7-9H. The molecule has 0 bridgehead atoms. The summed E-state index contributed by atoms with van der Waals surface area (Å²) in [4.78, 5) is 3.60. The molecular weight excluding hydrogens is 134 g/mol. The van der Waals surface area contributed by atoms with Crippen molar-refractivity contribution in [3.05, 3.63) is 24.3 Å². The van der Waals surface area contributed by atoms with Gasteiger partial charge in [-0.05, 0) is 12.1 Å². The van der Waals surface area contributed by atoms with E-state index in [0.717, 1.165) is 0 Å². The van der Waals surface area contributed by atoms with Gasteiger partial charge in [0.05, 0.1) is 0 Å². The van der Waals surface area contributed by atoms with E-state index in [1.807, 2.05) is 0 Å². The van der Waals surface area contributed by atoms with E-state index < -0.39 is 0 Å². The van der Waals surface area contributed by atoms with E-state index in [-0.39, 0.29) is 5.75 Å². The Labute approximate surface area is 57.6 Å². The first-order chi connectivity index (χ1) is 4.84. The molecule has 3 N–H and O–H groups in total. The average Bonchev–Trinajstić information content (AvgIpc) is 1.94. The normalized spacial score (nSPS) is 9.30. The van der Waals surface area contributed by atoms with Crippen molar-refractivity contribution in [3.63, 3.8) is 0 Å². The van der Waals surface area contributed by atoms with E-state index in [1.165, 1.54) is 6.07 Å². The average molecular weight is 141 g/mol. The lowest BCUT2D eigenvalue weighted by atomic mass is 10.3. The summed E-state index contributed by atoms with van der Waals surface area (Å²) in [6.45, 7) is 0. The molecule has 0 heterocycles. The van der Waals surface area contributed by atoms with Crippen molar-refractivity contribution in [2.24, 2.45) is 0 Å². The highest BCUT2D eigenvalue weighted by atomic mass is 17.2. The lowest BCUT2D eigenvalue weighted by molar-refractivity contribution is -0.215. The summed E-state index contributed by atoms with van der Waals surface area (Å²) < 4.78 is 0. The molecule has 0 aliphatic carbocycles. The van der Waals surface area contributed by atoms with Crippen molar-refractivity contribution in [1.82, 2.24) is 0 Å². The van der Waals surface area contributed by atoms with Gasteiger partial charge in [-0.25, -0.2) is 10.7 Å². The lowest BCUT2D eigenvalue weighted by Crippen LogP contribution is -1.95. The van der Waals surface area contributed by atoms with Crippen LogP contribution in [0.5, 0.6) is 5.75 Å². The van der Waals surface area contributed by atoms with E-state index in [2.05, 4.69) is 10.5 Å². The number of benzene rings is 1. The molecule has 4 heteroatoms. The Balaban J connectivity index is 2.81. The number of hydrogen-bond acceptors (Lipinski definition) is 4. The van der Waals surface area contributed by atoms with Crippen LogP contribution in [0.3, 0.4) is 0 Å². The smallest absolute Gasteiger partial charge is 0.141 e. The SMILES string of the molecule is OONc1ccccc1O. The minimum absolute atomic E-state index is 0.0246. The predicted octanol–water partition coefficient (Wildman–Crippen LogP) is 1.21. The van der Waals surface area contributed by atoms with Crippen molar-refractivity contribution < 1.29 is 15.4 Å². The van der Waals surface area contributed by atoms with Gasteiger partial charge in [0.1, 0.15) is 11.4 Å². The topological polar surface area (TPSA) is 61.7 Å². The fourth-order valence-corrected chi connectivity index (χ4v) is 0.609. The molecule has 0 spiro atoms. The number of phenolic OH excluding ortho intramolecular Hbond substituents is 1. The molecule has 0 saturated carbocycles. The summed E-state index contributed by atoms with van der Waals surface area (Å²) in [7, 11) is 0. The number of rotatable bonds is 2. The number of phenols is 1. The van der Waals surface area contributed by atoms with Crippen molar-refractivity contribution in [1.29, 1.82) is 0 Å². The maximum absolute atomic E-state index is 8.99. The highest BCUT2D eigenvalue weighted by Gasteiger charge is 1.95. The Morgan fingerprint density at radius 1 is 1.30 bits per heavy atom. The molecule has 0 radical (unpaired) electrons. The molecule has 0 fully saturated rings. The van der Waals surface area contributed by atoms with Gasteiger partial charge in [-0.15, -0.1) is 4.99 Å². The zero-order valence-electron chi connectivity index (χ0n) is 5.11. The Morgan fingerprint density at radius 3 is 2.60 bits per heavy atom.